The second kappa shape index (κ2) is 7.95. The molecule has 0 spiro atoms. The Balaban J connectivity index is 1.32. The normalized spacial score (nSPS) is 22.2. The van der Waals surface area contributed by atoms with E-state index in [9.17, 15) is 9.59 Å². The molecular weight excluding hydrogens is 336 g/mol. The molecule has 0 atom stereocenters. The van der Waals surface area contributed by atoms with Crippen molar-refractivity contribution in [2.45, 2.75) is 50.5 Å². The zero-order chi connectivity index (χ0) is 18.6. The molecule has 0 aromatic heterocycles. The number of aryl methyl sites for hydroxylation is 1. The number of para-hydroxylation sites is 1. The van der Waals surface area contributed by atoms with Crippen LogP contribution in [0.15, 0.2) is 54.6 Å². The van der Waals surface area contributed by atoms with Gasteiger partial charge in [-0.2, -0.15) is 0 Å². The van der Waals surface area contributed by atoms with Crippen LogP contribution in [-0.4, -0.2) is 24.4 Å². The van der Waals surface area contributed by atoms with Gasteiger partial charge in [-0.3, -0.25) is 9.59 Å². The number of hydrogen-bond donors (Lipinski definition) is 1. The van der Waals surface area contributed by atoms with Crippen molar-refractivity contribution < 1.29 is 9.59 Å². The summed E-state index contributed by atoms with van der Waals surface area (Å²) in [6, 6.07) is 18.7. The maximum atomic E-state index is 12.6. The van der Waals surface area contributed by atoms with Gasteiger partial charge in [0.15, 0.2) is 0 Å². The lowest BCUT2D eigenvalue weighted by Crippen LogP contribution is -2.46. The number of nitrogens with zero attached hydrogens (tertiary/aromatic N) is 1. The Bertz CT molecular complexity index is 810. The second-order valence-corrected chi connectivity index (χ2v) is 7.64. The van der Waals surface area contributed by atoms with E-state index in [4.69, 9.17) is 0 Å². The van der Waals surface area contributed by atoms with Crippen LogP contribution in [0.1, 0.15) is 49.1 Å². The highest BCUT2D eigenvalue weighted by Gasteiger charge is 2.28. The van der Waals surface area contributed by atoms with E-state index in [-0.39, 0.29) is 24.4 Å². The zero-order valence-corrected chi connectivity index (χ0v) is 15.6. The van der Waals surface area contributed by atoms with Gasteiger partial charge < -0.3 is 10.2 Å². The Hall–Kier alpha value is -2.62. The molecule has 1 aliphatic heterocycles. The van der Waals surface area contributed by atoms with E-state index >= 15 is 0 Å². The van der Waals surface area contributed by atoms with Crippen LogP contribution in [0, 0.1) is 0 Å². The van der Waals surface area contributed by atoms with Crippen LogP contribution in [-0.2, 0) is 16.0 Å². The standard InChI is InChI=1S/C23H26N2O2/c26-22(16-25-21-9-5-4-8-19(21)12-15-23(25)27)24-20-13-10-18(11-14-20)17-6-2-1-3-7-17/h1-9,18,20H,10-16H2,(H,24,26). The summed E-state index contributed by atoms with van der Waals surface area (Å²) >= 11 is 0. The zero-order valence-electron chi connectivity index (χ0n) is 15.6. The van der Waals surface area contributed by atoms with Crippen molar-refractivity contribution in [1.82, 2.24) is 5.32 Å². The van der Waals surface area contributed by atoms with Gasteiger partial charge in [-0.15, -0.1) is 0 Å². The summed E-state index contributed by atoms with van der Waals surface area (Å²) in [6.07, 6.45) is 5.43. The van der Waals surface area contributed by atoms with E-state index in [1.807, 2.05) is 24.3 Å². The molecule has 140 valence electrons. The van der Waals surface area contributed by atoms with Crippen molar-refractivity contribution in [3.63, 3.8) is 0 Å². The minimum Gasteiger partial charge on any atom is -0.352 e. The van der Waals surface area contributed by atoms with Gasteiger partial charge in [-0.05, 0) is 55.2 Å². The molecular formula is C23H26N2O2. The molecule has 2 aromatic rings. The Labute approximate surface area is 160 Å². The fourth-order valence-electron chi connectivity index (χ4n) is 4.38. The molecule has 4 nitrogen and oxygen atoms in total. The molecule has 27 heavy (non-hydrogen) atoms. The van der Waals surface area contributed by atoms with Crippen molar-refractivity contribution in [2.24, 2.45) is 0 Å². The molecule has 2 aromatic carbocycles. The van der Waals surface area contributed by atoms with Gasteiger partial charge in [0.2, 0.25) is 11.8 Å². The Morgan fingerprint density at radius 1 is 0.926 bits per heavy atom. The Morgan fingerprint density at radius 3 is 2.41 bits per heavy atom. The third-order valence-electron chi connectivity index (χ3n) is 5.86. The summed E-state index contributed by atoms with van der Waals surface area (Å²) in [5.74, 6) is 0.578. The first-order chi connectivity index (χ1) is 13.2. The fraction of sp³-hybridized carbons (Fsp3) is 0.391. The molecule has 2 aliphatic rings. The number of anilines is 1. The highest BCUT2D eigenvalue weighted by molar-refractivity contribution is 6.01. The lowest BCUT2D eigenvalue weighted by molar-refractivity contribution is -0.124. The van der Waals surface area contributed by atoms with Gasteiger partial charge in [0.05, 0.1) is 0 Å². The summed E-state index contributed by atoms with van der Waals surface area (Å²) in [7, 11) is 0. The molecule has 1 fully saturated rings. The van der Waals surface area contributed by atoms with Gasteiger partial charge >= 0.3 is 0 Å². The summed E-state index contributed by atoms with van der Waals surface area (Å²) in [6.45, 7) is 0.120. The number of rotatable bonds is 4. The molecule has 2 amide bonds. The number of benzene rings is 2. The maximum Gasteiger partial charge on any atom is 0.240 e. The molecule has 4 rings (SSSR count). The number of nitrogens with one attached hydrogen (secondary N) is 1. The van der Waals surface area contributed by atoms with Crippen molar-refractivity contribution in [1.29, 1.82) is 0 Å². The van der Waals surface area contributed by atoms with E-state index in [1.165, 1.54) is 5.56 Å². The molecule has 1 aliphatic carbocycles. The summed E-state index contributed by atoms with van der Waals surface area (Å²) in [5.41, 5.74) is 3.43. The first kappa shape index (κ1) is 17.8. The molecule has 0 bridgehead atoms. The first-order valence-corrected chi connectivity index (χ1v) is 9.93. The lowest BCUT2D eigenvalue weighted by atomic mass is 9.82. The average molecular weight is 362 g/mol. The number of fused-ring (bicyclic) bond motifs is 1. The van der Waals surface area contributed by atoms with Crippen LogP contribution >= 0.6 is 0 Å². The third kappa shape index (κ3) is 4.05. The second-order valence-electron chi connectivity index (χ2n) is 7.64. The van der Waals surface area contributed by atoms with Crippen LogP contribution in [0.2, 0.25) is 0 Å². The number of hydrogen-bond acceptors (Lipinski definition) is 2. The fourth-order valence-corrected chi connectivity index (χ4v) is 4.38. The summed E-state index contributed by atoms with van der Waals surface area (Å²) in [5, 5.41) is 3.16. The topological polar surface area (TPSA) is 49.4 Å². The van der Waals surface area contributed by atoms with Gasteiger partial charge in [0.1, 0.15) is 6.54 Å². The van der Waals surface area contributed by atoms with Gasteiger partial charge in [0, 0.05) is 18.2 Å². The number of carbonyl (C=O) groups excluding carboxylic acids is 2. The molecule has 0 radical (unpaired) electrons. The molecule has 1 saturated carbocycles. The smallest absolute Gasteiger partial charge is 0.240 e. The minimum absolute atomic E-state index is 0.0386. The first-order valence-electron chi connectivity index (χ1n) is 9.93. The highest BCUT2D eigenvalue weighted by Crippen LogP contribution is 2.33. The molecule has 1 N–H and O–H groups in total. The lowest BCUT2D eigenvalue weighted by Gasteiger charge is -2.32. The van der Waals surface area contributed by atoms with Crippen molar-refractivity contribution in [3.05, 3.63) is 65.7 Å². The third-order valence-corrected chi connectivity index (χ3v) is 5.86. The van der Waals surface area contributed by atoms with E-state index in [1.54, 1.807) is 4.90 Å². The molecule has 4 heteroatoms. The van der Waals surface area contributed by atoms with E-state index < -0.39 is 0 Å². The minimum atomic E-state index is -0.0526. The number of carbonyl (C=O) groups is 2. The van der Waals surface area contributed by atoms with E-state index in [0.717, 1.165) is 43.4 Å². The predicted octanol–water partition coefficient (Wildman–Crippen LogP) is 3.81. The van der Waals surface area contributed by atoms with Crippen LogP contribution in [0.25, 0.3) is 0 Å². The highest BCUT2D eigenvalue weighted by atomic mass is 16.2. The van der Waals surface area contributed by atoms with Crippen LogP contribution in [0.5, 0.6) is 0 Å². The van der Waals surface area contributed by atoms with Crippen LogP contribution in [0.3, 0.4) is 0 Å². The average Bonchev–Trinajstić information content (AvgIpc) is 2.71. The SMILES string of the molecule is O=C(CN1C(=O)CCc2ccccc21)NC1CCC(c2ccccc2)CC1. The van der Waals surface area contributed by atoms with Crippen molar-refractivity contribution >= 4 is 17.5 Å². The summed E-state index contributed by atoms with van der Waals surface area (Å²) in [4.78, 5) is 26.6. The predicted molar refractivity (Wildman–Crippen MR) is 107 cm³/mol. The van der Waals surface area contributed by atoms with Crippen molar-refractivity contribution in [2.75, 3.05) is 11.4 Å². The van der Waals surface area contributed by atoms with Gasteiger partial charge in [-0.1, -0.05) is 48.5 Å². The van der Waals surface area contributed by atoms with Gasteiger partial charge in [-0.25, -0.2) is 0 Å². The largest absolute Gasteiger partial charge is 0.352 e. The van der Waals surface area contributed by atoms with Crippen LogP contribution < -0.4 is 10.2 Å². The monoisotopic (exact) mass is 362 g/mol. The van der Waals surface area contributed by atoms with Crippen molar-refractivity contribution in [3.8, 4) is 0 Å². The Morgan fingerprint density at radius 2 is 1.63 bits per heavy atom. The Kier molecular flexibility index (Phi) is 5.23. The van der Waals surface area contributed by atoms with E-state index in [2.05, 4.69) is 35.6 Å². The quantitative estimate of drug-likeness (QED) is 0.899. The van der Waals surface area contributed by atoms with Crippen LogP contribution in [0.4, 0.5) is 5.69 Å². The summed E-state index contributed by atoms with van der Waals surface area (Å²) < 4.78 is 0. The van der Waals surface area contributed by atoms with Gasteiger partial charge in [0.25, 0.3) is 0 Å². The van der Waals surface area contributed by atoms with E-state index in [0.29, 0.717) is 12.3 Å². The molecule has 0 unspecified atom stereocenters. The maximum absolute atomic E-state index is 12.6. The molecule has 0 saturated heterocycles. The molecule has 1 heterocycles. The number of amides is 2.